The van der Waals surface area contributed by atoms with Crippen molar-refractivity contribution in [3.63, 3.8) is 0 Å². The van der Waals surface area contributed by atoms with E-state index in [0.29, 0.717) is 16.5 Å². The summed E-state index contributed by atoms with van der Waals surface area (Å²) in [4.78, 5) is 14.5. The van der Waals surface area contributed by atoms with Crippen LogP contribution in [0.2, 0.25) is 0 Å². The molecule has 5 nitrogen and oxygen atoms in total. The molecular weight excluding hydrogens is 362 g/mol. The lowest BCUT2D eigenvalue weighted by Crippen LogP contribution is -2.28. The van der Waals surface area contributed by atoms with Gasteiger partial charge in [0.1, 0.15) is 5.82 Å². The maximum atomic E-state index is 14.1. The second kappa shape index (κ2) is 6.72. The minimum Gasteiger partial charge on any atom is -0.360 e. The molecule has 0 aliphatic carbocycles. The number of aryl methyl sites for hydroxylation is 1. The predicted octanol–water partition coefficient (Wildman–Crippen LogP) is 3.73. The van der Waals surface area contributed by atoms with Crippen molar-refractivity contribution in [3.05, 3.63) is 71.7 Å². The van der Waals surface area contributed by atoms with Crippen molar-refractivity contribution in [2.75, 3.05) is 0 Å². The van der Waals surface area contributed by atoms with E-state index in [1.54, 1.807) is 19.2 Å². The molecular formula is C18H14F2N2O3S. The van der Waals surface area contributed by atoms with E-state index in [1.807, 2.05) is 0 Å². The van der Waals surface area contributed by atoms with E-state index in [0.717, 1.165) is 23.8 Å². The van der Waals surface area contributed by atoms with Gasteiger partial charge in [-0.15, -0.1) is 0 Å². The first kappa shape index (κ1) is 17.8. The molecule has 0 saturated carbocycles. The molecule has 134 valence electrons. The van der Waals surface area contributed by atoms with Gasteiger partial charge in [0.05, 0.1) is 10.4 Å². The number of nitrogens with one attached hydrogen (secondary N) is 1. The number of H-pyrrole nitrogens is 1. The Morgan fingerprint density at radius 1 is 1.19 bits per heavy atom. The Kier molecular flexibility index (Phi) is 4.60. The van der Waals surface area contributed by atoms with Crippen LogP contribution in [-0.4, -0.2) is 23.8 Å². The minimum atomic E-state index is -4.61. The van der Waals surface area contributed by atoms with Crippen LogP contribution in [0.25, 0.3) is 17.0 Å². The van der Waals surface area contributed by atoms with E-state index < -0.39 is 26.3 Å². The average Bonchev–Trinajstić information content (AvgIpc) is 3.00. The minimum absolute atomic E-state index is 0.298. The molecule has 1 N–H and O–H groups in total. The van der Waals surface area contributed by atoms with Crippen molar-refractivity contribution in [1.29, 1.82) is 0 Å². The monoisotopic (exact) mass is 376 g/mol. The second-order valence-corrected chi connectivity index (χ2v) is 7.34. The smallest absolute Gasteiger partial charge is 0.293 e. The second-order valence-electron chi connectivity index (χ2n) is 5.59. The number of fused-ring (bicyclic) bond motifs is 1. The van der Waals surface area contributed by atoms with Crippen LogP contribution < -0.4 is 0 Å². The summed E-state index contributed by atoms with van der Waals surface area (Å²) in [6.45, 7) is 1.78. The number of sulfonamides is 1. The Labute approximate surface area is 148 Å². The van der Waals surface area contributed by atoms with Crippen LogP contribution in [0.5, 0.6) is 0 Å². The summed E-state index contributed by atoms with van der Waals surface area (Å²) in [5, 5.41) is 0.617. The normalized spacial score (nSPS) is 12.0. The molecule has 0 spiro atoms. The maximum absolute atomic E-state index is 14.1. The van der Waals surface area contributed by atoms with Crippen molar-refractivity contribution in [3.8, 4) is 0 Å². The Morgan fingerprint density at radius 2 is 1.88 bits per heavy atom. The summed E-state index contributed by atoms with van der Waals surface area (Å²) in [5.74, 6) is -1.92. The van der Waals surface area contributed by atoms with Gasteiger partial charge in [-0.1, -0.05) is 27.2 Å². The number of aromatic nitrogens is 1. The van der Waals surface area contributed by atoms with Crippen molar-refractivity contribution in [2.45, 2.75) is 11.8 Å². The number of hydrogen-bond acceptors (Lipinski definition) is 3. The largest absolute Gasteiger partial charge is 0.360 e. The number of carbonyl (C=O) groups is 1. The van der Waals surface area contributed by atoms with Crippen LogP contribution >= 0.6 is 0 Å². The van der Waals surface area contributed by atoms with Crippen molar-refractivity contribution in [1.82, 2.24) is 9.51 Å². The summed E-state index contributed by atoms with van der Waals surface area (Å²) in [6, 6.07) is 9.25. The highest BCUT2D eigenvalue weighted by atomic mass is 32.2. The number of carbonyl (C=O) groups excluding carboxylic acids is 1. The first-order chi connectivity index (χ1) is 12.3. The zero-order valence-corrected chi connectivity index (χ0v) is 14.4. The number of rotatable bonds is 4. The summed E-state index contributed by atoms with van der Waals surface area (Å²) in [5.41, 5.74) is 1.66. The third-order valence-corrected chi connectivity index (χ3v) is 5.29. The molecule has 26 heavy (non-hydrogen) atoms. The Bertz CT molecular complexity index is 1110. The summed E-state index contributed by atoms with van der Waals surface area (Å²) < 4.78 is 51.2. The molecule has 0 bridgehead atoms. The van der Waals surface area contributed by atoms with E-state index in [2.05, 4.69) is 4.98 Å². The standard InChI is InChI=1S/C18H14F2N2O3S/c1-12-11-21-18-13(9-14(19)10-16(12)18)7-8-17(23)22(20)26(24,25)15-5-3-2-4-6-15/h2-11,21H,1H3/b8-7+. The Hall–Kier alpha value is -3.00. The summed E-state index contributed by atoms with van der Waals surface area (Å²) in [7, 11) is -4.61. The highest BCUT2D eigenvalue weighted by Gasteiger charge is 2.28. The van der Waals surface area contributed by atoms with Crippen LogP contribution in [0.4, 0.5) is 8.87 Å². The third kappa shape index (κ3) is 3.23. The van der Waals surface area contributed by atoms with Crippen molar-refractivity contribution < 1.29 is 22.1 Å². The number of amides is 1. The molecule has 1 amide bonds. The number of benzene rings is 2. The molecule has 3 rings (SSSR count). The predicted molar refractivity (Wildman–Crippen MR) is 93.6 cm³/mol. The SMILES string of the molecule is Cc1c[nH]c2c(/C=C/C(=O)N(F)S(=O)(=O)c3ccccc3)cc(F)cc12. The lowest BCUT2D eigenvalue weighted by atomic mass is 10.1. The summed E-state index contributed by atoms with van der Waals surface area (Å²) >= 11 is 0. The third-order valence-electron chi connectivity index (χ3n) is 3.82. The zero-order valence-electron chi connectivity index (χ0n) is 13.6. The van der Waals surface area contributed by atoms with E-state index in [9.17, 15) is 22.1 Å². The fraction of sp³-hybridized carbons (Fsp3) is 0.0556. The van der Waals surface area contributed by atoms with E-state index in [4.69, 9.17) is 0 Å². The van der Waals surface area contributed by atoms with Crippen molar-refractivity contribution >= 4 is 32.9 Å². The van der Waals surface area contributed by atoms with Crippen molar-refractivity contribution in [2.24, 2.45) is 0 Å². The lowest BCUT2D eigenvalue weighted by Gasteiger charge is -2.10. The van der Waals surface area contributed by atoms with Gasteiger partial charge in [-0.25, -0.2) is 4.39 Å². The molecule has 0 aliphatic heterocycles. The van der Waals surface area contributed by atoms with Gasteiger partial charge in [-0.05, 0) is 42.8 Å². The molecule has 0 aliphatic rings. The molecule has 0 atom stereocenters. The fourth-order valence-corrected chi connectivity index (χ4v) is 3.50. The first-order valence-electron chi connectivity index (χ1n) is 7.56. The molecule has 2 aromatic carbocycles. The molecule has 0 fully saturated rings. The highest BCUT2D eigenvalue weighted by Crippen LogP contribution is 2.24. The molecule has 0 radical (unpaired) electrons. The number of aromatic amines is 1. The van der Waals surface area contributed by atoms with Gasteiger partial charge in [0.25, 0.3) is 15.9 Å². The highest BCUT2D eigenvalue weighted by molar-refractivity contribution is 7.89. The molecule has 0 unspecified atom stereocenters. The number of hydrogen-bond donors (Lipinski definition) is 1. The first-order valence-corrected chi connectivity index (χ1v) is 9.00. The van der Waals surface area contributed by atoms with Crippen LogP contribution in [0.3, 0.4) is 0 Å². The van der Waals surface area contributed by atoms with Crippen LogP contribution in [0.15, 0.2) is 59.6 Å². The average molecular weight is 376 g/mol. The zero-order chi connectivity index (χ0) is 18.9. The Morgan fingerprint density at radius 3 is 2.58 bits per heavy atom. The number of halogens is 2. The van der Waals surface area contributed by atoms with Crippen LogP contribution in [-0.2, 0) is 14.8 Å². The topological polar surface area (TPSA) is 70.2 Å². The molecule has 8 heteroatoms. The Balaban J connectivity index is 1.91. The van der Waals surface area contributed by atoms with Crippen LogP contribution in [0, 0.1) is 12.7 Å². The fourth-order valence-electron chi connectivity index (χ4n) is 2.51. The van der Waals surface area contributed by atoms with Gasteiger partial charge in [0.2, 0.25) is 0 Å². The molecule has 3 aromatic rings. The quantitative estimate of drug-likeness (QED) is 0.557. The molecule has 1 aromatic heterocycles. The van der Waals surface area contributed by atoms with Gasteiger partial charge < -0.3 is 4.98 Å². The van der Waals surface area contributed by atoms with E-state index >= 15 is 0 Å². The number of nitrogens with zero attached hydrogens (tertiary/aromatic N) is 1. The van der Waals surface area contributed by atoms with Gasteiger partial charge >= 0.3 is 0 Å². The van der Waals surface area contributed by atoms with E-state index in [1.165, 1.54) is 30.3 Å². The molecule has 1 heterocycles. The van der Waals surface area contributed by atoms with Gasteiger partial charge in [-0.2, -0.15) is 8.42 Å². The van der Waals surface area contributed by atoms with Gasteiger partial charge in [0.15, 0.2) is 0 Å². The van der Waals surface area contributed by atoms with Gasteiger partial charge in [-0.3, -0.25) is 4.79 Å². The maximum Gasteiger partial charge on any atom is 0.293 e. The van der Waals surface area contributed by atoms with E-state index in [-0.39, 0.29) is 4.90 Å². The van der Waals surface area contributed by atoms with Gasteiger partial charge in [0, 0.05) is 23.2 Å². The van der Waals surface area contributed by atoms with Crippen LogP contribution in [0.1, 0.15) is 11.1 Å². The summed E-state index contributed by atoms with van der Waals surface area (Å²) in [6.07, 6.45) is 3.58. The molecule has 0 saturated heterocycles. The lowest BCUT2D eigenvalue weighted by molar-refractivity contribution is -0.130.